The fourth-order valence-corrected chi connectivity index (χ4v) is 1.82. The predicted molar refractivity (Wildman–Crippen MR) is 79.8 cm³/mol. The molecule has 2 N–H and O–H groups in total. The highest BCUT2D eigenvalue weighted by Gasteiger charge is 2.14. The highest BCUT2D eigenvalue weighted by atomic mass is 16.5. The summed E-state index contributed by atoms with van der Waals surface area (Å²) in [5, 5.41) is 12.2. The van der Waals surface area contributed by atoms with E-state index in [9.17, 15) is 4.79 Å². The smallest absolute Gasteiger partial charge is 0.341 e. The fraction of sp³-hybridized carbons (Fsp3) is 0.267. The minimum atomic E-state index is -1.05. The normalized spacial score (nSPS) is 10.2. The maximum Gasteiger partial charge on any atom is 0.341 e. The van der Waals surface area contributed by atoms with Crippen LogP contribution in [0.4, 0.5) is 5.82 Å². The van der Waals surface area contributed by atoms with E-state index in [0.29, 0.717) is 23.9 Å². The van der Waals surface area contributed by atoms with Crippen LogP contribution < -0.4 is 10.1 Å². The van der Waals surface area contributed by atoms with Crippen LogP contribution in [-0.4, -0.2) is 34.7 Å². The summed E-state index contributed by atoms with van der Waals surface area (Å²) >= 11 is 0. The molecule has 0 amide bonds. The summed E-state index contributed by atoms with van der Waals surface area (Å²) < 4.78 is 5.17. The molecular weight excluding hydrogens is 270 g/mol. The molecule has 0 saturated heterocycles. The Kier molecular flexibility index (Phi) is 4.71. The molecule has 0 bridgehead atoms. The number of aromatic nitrogens is 2. The zero-order valence-electron chi connectivity index (χ0n) is 12.0. The van der Waals surface area contributed by atoms with Crippen LogP contribution in [0, 0.1) is 0 Å². The monoisotopic (exact) mass is 287 g/mol. The van der Waals surface area contributed by atoms with Gasteiger partial charge in [-0.15, -0.1) is 0 Å². The first kappa shape index (κ1) is 14.8. The molecule has 0 aliphatic heterocycles. The third kappa shape index (κ3) is 3.47. The van der Waals surface area contributed by atoms with Gasteiger partial charge in [0.05, 0.1) is 7.11 Å². The largest absolute Gasteiger partial charge is 0.497 e. The second-order valence-corrected chi connectivity index (χ2v) is 4.42. The molecule has 2 aromatic rings. The van der Waals surface area contributed by atoms with Crippen molar-refractivity contribution in [2.45, 2.75) is 13.3 Å². The topological polar surface area (TPSA) is 84.3 Å². The number of rotatable bonds is 6. The molecule has 0 radical (unpaired) electrons. The second-order valence-electron chi connectivity index (χ2n) is 4.42. The number of anilines is 1. The average molecular weight is 287 g/mol. The van der Waals surface area contributed by atoms with E-state index in [0.717, 1.165) is 12.0 Å². The van der Waals surface area contributed by atoms with E-state index in [-0.39, 0.29) is 5.56 Å². The van der Waals surface area contributed by atoms with Gasteiger partial charge in [-0.2, -0.15) is 0 Å². The molecule has 1 heterocycles. The molecule has 2 rings (SSSR count). The van der Waals surface area contributed by atoms with E-state index in [1.54, 1.807) is 13.2 Å². The van der Waals surface area contributed by atoms with Gasteiger partial charge in [0.25, 0.3) is 0 Å². The average Bonchev–Trinajstić information content (AvgIpc) is 2.52. The van der Waals surface area contributed by atoms with E-state index in [1.165, 1.54) is 6.20 Å². The number of carboxylic acid groups (broad SMARTS) is 1. The summed E-state index contributed by atoms with van der Waals surface area (Å²) in [6.07, 6.45) is 2.19. The number of nitrogens with one attached hydrogen (secondary N) is 1. The molecule has 110 valence electrons. The van der Waals surface area contributed by atoms with Crippen LogP contribution in [0.1, 0.15) is 23.7 Å². The van der Waals surface area contributed by atoms with E-state index in [1.807, 2.05) is 25.1 Å². The summed E-state index contributed by atoms with van der Waals surface area (Å²) in [5.74, 6) is 0.432. The van der Waals surface area contributed by atoms with Gasteiger partial charge in [0.15, 0.2) is 5.82 Å². The summed E-state index contributed by atoms with van der Waals surface area (Å²) in [7, 11) is 1.59. The third-order valence-corrected chi connectivity index (χ3v) is 2.89. The van der Waals surface area contributed by atoms with E-state index in [4.69, 9.17) is 9.84 Å². The van der Waals surface area contributed by atoms with Crippen molar-refractivity contribution in [3.63, 3.8) is 0 Å². The predicted octanol–water partition coefficient (Wildman–Crippen LogP) is 2.67. The number of benzene rings is 1. The van der Waals surface area contributed by atoms with Crippen LogP contribution in [0.3, 0.4) is 0 Å². The van der Waals surface area contributed by atoms with Crippen molar-refractivity contribution in [3.8, 4) is 17.1 Å². The SMILES string of the molecule is CCCNc1nc(-c2cccc(OC)c2)ncc1C(=O)O. The lowest BCUT2D eigenvalue weighted by molar-refractivity contribution is 0.0697. The zero-order valence-corrected chi connectivity index (χ0v) is 12.0. The minimum absolute atomic E-state index is 0.0649. The number of methoxy groups -OCH3 is 1. The van der Waals surface area contributed by atoms with Gasteiger partial charge in [-0.1, -0.05) is 19.1 Å². The molecule has 6 nitrogen and oxygen atoms in total. The highest BCUT2D eigenvalue weighted by Crippen LogP contribution is 2.23. The Hall–Kier alpha value is -2.63. The van der Waals surface area contributed by atoms with Crippen molar-refractivity contribution in [2.75, 3.05) is 19.0 Å². The molecule has 21 heavy (non-hydrogen) atoms. The van der Waals surface area contributed by atoms with Gasteiger partial charge in [0.2, 0.25) is 0 Å². The number of aromatic carboxylic acids is 1. The fourth-order valence-electron chi connectivity index (χ4n) is 1.82. The molecule has 0 spiro atoms. The summed E-state index contributed by atoms with van der Waals surface area (Å²) in [5.41, 5.74) is 0.834. The Morgan fingerprint density at radius 2 is 2.24 bits per heavy atom. The first-order valence-corrected chi connectivity index (χ1v) is 6.64. The maximum absolute atomic E-state index is 11.2. The number of carboxylic acids is 1. The van der Waals surface area contributed by atoms with Crippen LogP contribution in [0.2, 0.25) is 0 Å². The number of nitrogens with zero attached hydrogens (tertiary/aromatic N) is 2. The molecule has 0 saturated carbocycles. The van der Waals surface area contributed by atoms with Gasteiger partial charge in [0, 0.05) is 18.3 Å². The summed E-state index contributed by atoms with van der Waals surface area (Å²) in [6.45, 7) is 2.65. The van der Waals surface area contributed by atoms with Gasteiger partial charge >= 0.3 is 5.97 Å². The van der Waals surface area contributed by atoms with Gasteiger partial charge in [-0.05, 0) is 18.6 Å². The van der Waals surface area contributed by atoms with Crippen molar-refractivity contribution >= 4 is 11.8 Å². The Labute approximate surface area is 122 Å². The number of hydrogen-bond acceptors (Lipinski definition) is 5. The van der Waals surface area contributed by atoms with Crippen molar-refractivity contribution in [1.82, 2.24) is 9.97 Å². The first-order valence-electron chi connectivity index (χ1n) is 6.64. The van der Waals surface area contributed by atoms with Gasteiger partial charge in [-0.3, -0.25) is 0 Å². The minimum Gasteiger partial charge on any atom is -0.497 e. The van der Waals surface area contributed by atoms with Gasteiger partial charge in [-0.25, -0.2) is 14.8 Å². The first-order chi connectivity index (χ1) is 10.2. The maximum atomic E-state index is 11.2. The van der Waals surface area contributed by atoms with Crippen LogP contribution in [0.5, 0.6) is 5.75 Å². The quantitative estimate of drug-likeness (QED) is 0.849. The Bertz CT molecular complexity index is 644. The van der Waals surface area contributed by atoms with Crippen molar-refractivity contribution in [3.05, 3.63) is 36.0 Å². The molecule has 6 heteroatoms. The van der Waals surface area contributed by atoms with Crippen molar-refractivity contribution in [2.24, 2.45) is 0 Å². The number of ether oxygens (including phenoxy) is 1. The van der Waals surface area contributed by atoms with Crippen molar-refractivity contribution in [1.29, 1.82) is 0 Å². The lowest BCUT2D eigenvalue weighted by Crippen LogP contribution is -2.10. The molecule has 0 aliphatic carbocycles. The van der Waals surface area contributed by atoms with Crippen LogP contribution in [0.15, 0.2) is 30.5 Å². The lowest BCUT2D eigenvalue weighted by atomic mass is 10.2. The Morgan fingerprint density at radius 3 is 2.90 bits per heavy atom. The number of carbonyl (C=O) groups is 1. The molecule has 1 aromatic heterocycles. The number of hydrogen-bond donors (Lipinski definition) is 2. The zero-order chi connectivity index (χ0) is 15.2. The second kappa shape index (κ2) is 6.69. The van der Waals surface area contributed by atoms with E-state index in [2.05, 4.69) is 15.3 Å². The van der Waals surface area contributed by atoms with Crippen LogP contribution >= 0.6 is 0 Å². The molecule has 0 fully saturated rings. The third-order valence-electron chi connectivity index (χ3n) is 2.89. The van der Waals surface area contributed by atoms with Gasteiger partial charge in [0.1, 0.15) is 17.1 Å². The lowest BCUT2D eigenvalue weighted by Gasteiger charge is -2.09. The summed E-state index contributed by atoms with van der Waals surface area (Å²) in [4.78, 5) is 19.6. The van der Waals surface area contributed by atoms with Crippen molar-refractivity contribution < 1.29 is 14.6 Å². The Morgan fingerprint density at radius 1 is 1.43 bits per heavy atom. The van der Waals surface area contributed by atoms with Crippen LogP contribution in [0.25, 0.3) is 11.4 Å². The van der Waals surface area contributed by atoms with Gasteiger partial charge < -0.3 is 15.2 Å². The standard InChI is InChI=1S/C15H17N3O3/c1-3-7-16-14-12(15(19)20)9-17-13(18-14)10-5-4-6-11(8-10)21-2/h4-6,8-9H,3,7H2,1-2H3,(H,19,20)(H,16,17,18). The van der Waals surface area contributed by atoms with Crippen LogP contribution in [-0.2, 0) is 0 Å². The molecular formula is C15H17N3O3. The molecule has 0 atom stereocenters. The summed E-state index contributed by atoms with van der Waals surface area (Å²) in [6, 6.07) is 7.31. The molecule has 0 aliphatic rings. The van der Waals surface area contributed by atoms with E-state index >= 15 is 0 Å². The molecule has 0 unspecified atom stereocenters. The molecule has 1 aromatic carbocycles. The Balaban J connectivity index is 2.42. The highest BCUT2D eigenvalue weighted by molar-refractivity contribution is 5.93. The van der Waals surface area contributed by atoms with E-state index < -0.39 is 5.97 Å².